The Morgan fingerprint density at radius 2 is 1.08 bits per heavy atom. The summed E-state index contributed by atoms with van der Waals surface area (Å²) >= 11 is 0. The molecule has 4 rings (SSSR count). The Morgan fingerprint density at radius 3 is 1.63 bits per heavy atom. The largest absolute Gasteiger partial charge is 0.391 e. The number of aliphatic hydroxyl groups is 1. The second kappa shape index (κ2) is 41.5. The van der Waals surface area contributed by atoms with Crippen molar-refractivity contribution in [2.45, 2.75) is 258 Å². The van der Waals surface area contributed by atoms with Crippen molar-refractivity contribution in [3.8, 4) is 0 Å². The predicted molar refractivity (Wildman–Crippen MR) is 379 cm³/mol. The van der Waals surface area contributed by atoms with Crippen molar-refractivity contribution < 1.29 is 72.1 Å². The Labute approximate surface area is 595 Å². The van der Waals surface area contributed by atoms with E-state index in [1.807, 2.05) is 48.5 Å². The van der Waals surface area contributed by atoms with Crippen LogP contribution in [0.3, 0.4) is 0 Å². The number of hydrogen-bond donors (Lipinski definition) is 6. The highest BCUT2D eigenvalue weighted by Gasteiger charge is 2.45. The standard InChI is InChI=1S/C72H127N13O15/c1-19-21-31-85-40-60(88)79(14)55(35-44(3)4)65(91)74-52(68(94)84-32-26-23-27-33-84)39-59(87)78(13)48(11)63(89)75-53(43-100-42-51-41-99-34-30-73-51)67(93)82(17)57(37-46(7)8)69(95)80(15)54(20-2)64(90)76-61(47(9)10)71(97)83(18)58(38-50-28-24-22-25-29-50)70(96)81(16)56(36-45(5)6)66(92)77-62(49(12)86)72(85)98/h44-58,61-62,73,86H,19-43H2,1-18H3,(H,74,91)(H,75,89)(H,76,90)(H,77,92)/t48-,49+,51-,52-,53-,54-,55-,56-,57-,58-,61-,62-/m0/s1. The van der Waals surface area contributed by atoms with Crippen molar-refractivity contribution >= 4 is 70.9 Å². The Morgan fingerprint density at radius 1 is 0.560 bits per heavy atom. The maximum Gasteiger partial charge on any atom is 0.248 e. The molecule has 28 nitrogen and oxygen atoms in total. The van der Waals surface area contributed by atoms with Gasteiger partial charge in [-0.05, 0) is 101 Å². The molecule has 0 aromatic heterocycles. The molecule has 100 heavy (non-hydrogen) atoms. The lowest BCUT2D eigenvalue weighted by Gasteiger charge is -2.39. The van der Waals surface area contributed by atoms with E-state index < -0.39 is 156 Å². The Kier molecular flexibility index (Phi) is 35.7. The first kappa shape index (κ1) is 85.9. The van der Waals surface area contributed by atoms with Gasteiger partial charge in [0.25, 0.3) is 0 Å². The molecule has 12 amide bonds. The van der Waals surface area contributed by atoms with E-state index in [4.69, 9.17) is 9.47 Å². The molecule has 1 saturated carbocycles. The van der Waals surface area contributed by atoms with E-state index in [-0.39, 0.29) is 81.6 Å². The molecule has 0 spiro atoms. The summed E-state index contributed by atoms with van der Waals surface area (Å²) in [5, 5.41) is 26.0. The summed E-state index contributed by atoms with van der Waals surface area (Å²) in [6.45, 7) is 22.2. The minimum absolute atomic E-state index is 0.00479. The Hall–Kier alpha value is -6.52. The highest BCUT2D eigenvalue weighted by molar-refractivity contribution is 6.00. The van der Waals surface area contributed by atoms with Crippen LogP contribution in [0.4, 0.5) is 0 Å². The topological polar surface area (TPSA) is 330 Å². The maximum absolute atomic E-state index is 15.5. The van der Waals surface area contributed by atoms with Crippen molar-refractivity contribution in [1.82, 2.24) is 65.8 Å². The lowest BCUT2D eigenvalue weighted by atomic mass is 9.84. The molecular weight excluding hydrogens is 1290 g/mol. The van der Waals surface area contributed by atoms with Gasteiger partial charge in [0.15, 0.2) is 0 Å². The quantitative estimate of drug-likeness (QED) is 0.108. The average Bonchev–Trinajstić information content (AvgIpc) is 0.823. The first-order chi connectivity index (χ1) is 47.1. The van der Waals surface area contributed by atoms with E-state index in [9.17, 15) is 38.7 Å². The Balaban J connectivity index is 1.94. The van der Waals surface area contributed by atoms with Gasteiger partial charge in [-0.3, -0.25) is 57.5 Å². The van der Waals surface area contributed by atoms with E-state index in [1.54, 1.807) is 25.7 Å². The first-order valence-corrected chi connectivity index (χ1v) is 37.0. The highest BCUT2D eigenvalue weighted by atomic mass is 16.5. The number of nitrogens with zero attached hydrogens (tertiary/aromatic N) is 8. The second-order valence-electron chi connectivity index (χ2n) is 30.1. The number of likely N-dealkylation sites (N-methyl/N-ethyl adjacent to an activating group) is 6. The summed E-state index contributed by atoms with van der Waals surface area (Å²) in [5.41, 5.74) is 0. The monoisotopic (exact) mass is 1410 g/mol. The van der Waals surface area contributed by atoms with Crippen LogP contribution in [0, 0.1) is 29.6 Å². The van der Waals surface area contributed by atoms with Gasteiger partial charge < -0.3 is 80.4 Å². The van der Waals surface area contributed by atoms with Gasteiger partial charge in [-0.1, -0.05) is 108 Å². The van der Waals surface area contributed by atoms with Crippen LogP contribution in [0.15, 0.2) is 0 Å². The molecule has 4 fully saturated rings. The van der Waals surface area contributed by atoms with Crippen LogP contribution < -0.4 is 26.6 Å². The average molecular weight is 1410 g/mol. The van der Waals surface area contributed by atoms with E-state index >= 15 is 24.0 Å². The van der Waals surface area contributed by atoms with Crippen molar-refractivity contribution in [3.63, 3.8) is 0 Å². The van der Waals surface area contributed by atoms with Gasteiger partial charge in [0.2, 0.25) is 70.9 Å². The molecule has 3 heterocycles. The Bertz CT molecular complexity index is 2720. The molecule has 1 aliphatic carbocycles. The molecule has 0 radical (unpaired) electrons. The molecular formula is C72H127N13O15. The summed E-state index contributed by atoms with van der Waals surface area (Å²) in [4.78, 5) is 190. The zero-order chi connectivity index (χ0) is 75.0. The molecule has 6 N–H and O–H groups in total. The summed E-state index contributed by atoms with van der Waals surface area (Å²) in [6, 6.07) is -13.4. The molecule has 0 bridgehead atoms. The number of piperidine rings is 1. The molecule has 0 unspecified atom stereocenters. The van der Waals surface area contributed by atoms with E-state index in [1.165, 1.54) is 85.5 Å². The minimum atomic E-state index is -1.63. The van der Waals surface area contributed by atoms with Gasteiger partial charge >= 0.3 is 0 Å². The molecule has 0 aromatic carbocycles. The van der Waals surface area contributed by atoms with Crippen LogP contribution in [0.1, 0.15) is 186 Å². The third-order valence-electron chi connectivity index (χ3n) is 20.3. The third kappa shape index (κ3) is 24.9. The number of morpholine rings is 1. The number of unbranched alkanes of at least 4 members (excludes halogenated alkanes) is 1. The maximum atomic E-state index is 15.5. The number of ether oxygens (including phenoxy) is 2. The fourth-order valence-corrected chi connectivity index (χ4v) is 13.7. The van der Waals surface area contributed by atoms with Crippen molar-refractivity contribution in [2.75, 3.05) is 101 Å². The van der Waals surface area contributed by atoms with Gasteiger partial charge in [0.05, 0.1) is 51.5 Å². The number of carbonyl (C=O) groups is 12. The minimum Gasteiger partial charge on any atom is -0.391 e. The lowest BCUT2D eigenvalue weighted by molar-refractivity contribution is -0.152. The number of likely N-dealkylation sites (tertiary alicyclic amines) is 1. The molecule has 570 valence electrons. The summed E-state index contributed by atoms with van der Waals surface area (Å²) in [7, 11) is 8.61. The fourth-order valence-electron chi connectivity index (χ4n) is 13.7. The summed E-state index contributed by atoms with van der Waals surface area (Å²) in [6.07, 6.45) is 6.06. The van der Waals surface area contributed by atoms with Crippen LogP contribution in [-0.2, 0) is 67.0 Å². The second-order valence-corrected chi connectivity index (χ2v) is 30.1. The lowest BCUT2D eigenvalue weighted by Crippen LogP contribution is -2.62. The summed E-state index contributed by atoms with van der Waals surface area (Å²) in [5.74, 6) is -9.43. The van der Waals surface area contributed by atoms with Gasteiger partial charge in [-0.25, -0.2) is 0 Å². The normalized spacial score (nSPS) is 27.9. The highest BCUT2D eigenvalue weighted by Crippen LogP contribution is 2.31. The third-order valence-corrected chi connectivity index (χ3v) is 20.3. The zero-order valence-corrected chi connectivity index (χ0v) is 63.7. The SMILES string of the molecule is CCCCN1CC(=O)N(C)[C@@H](CC(C)C)C(=O)N[C@H](C(=O)N2CCCCC2)CC(=O)N(C)[C@@H](C)C(=O)N[C@@H](COC[C@@H]2COCCN2)C(=O)N(C)[C@@H](CC(C)C)C(=O)N(C)[C@@H](CC)C(=O)N[C@@H](C(C)C)C(=O)N(C)[C@@H](CC2CCCCC2)C(=O)N(C)[C@@H](CC(C)C)C(=O)N[C@@H]([C@@H](C)O)C1=O. The molecule has 3 aliphatic heterocycles. The number of aliphatic hydroxyl groups excluding tert-OH is 1. The van der Waals surface area contributed by atoms with Crippen molar-refractivity contribution in [3.05, 3.63) is 0 Å². The zero-order valence-electron chi connectivity index (χ0n) is 63.7. The molecule has 28 heteroatoms. The number of amides is 12. The van der Waals surface area contributed by atoms with Gasteiger partial charge in [-0.15, -0.1) is 0 Å². The van der Waals surface area contributed by atoms with Crippen LogP contribution in [0.2, 0.25) is 0 Å². The number of carbonyl (C=O) groups excluding carboxylic acids is 12. The molecule has 12 atom stereocenters. The van der Waals surface area contributed by atoms with Crippen LogP contribution in [-0.4, -0.2) is 289 Å². The smallest absolute Gasteiger partial charge is 0.248 e. The van der Waals surface area contributed by atoms with Gasteiger partial charge in [0, 0.05) is 68.5 Å². The molecule has 0 aromatic rings. The van der Waals surface area contributed by atoms with Crippen molar-refractivity contribution in [1.29, 1.82) is 0 Å². The number of nitrogens with one attached hydrogen (secondary N) is 5. The van der Waals surface area contributed by atoms with E-state index in [2.05, 4.69) is 26.6 Å². The van der Waals surface area contributed by atoms with E-state index in [0.29, 0.717) is 58.5 Å². The van der Waals surface area contributed by atoms with E-state index in [0.717, 1.165) is 43.4 Å². The fraction of sp³-hybridized carbons (Fsp3) is 0.833. The van der Waals surface area contributed by atoms with Crippen LogP contribution in [0.25, 0.3) is 0 Å². The van der Waals surface area contributed by atoms with Crippen LogP contribution in [0.5, 0.6) is 0 Å². The van der Waals surface area contributed by atoms with Crippen molar-refractivity contribution in [2.24, 2.45) is 29.6 Å². The van der Waals surface area contributed by atoms with Crippen LogP contribution >= 0.6 is 0 Å². The number of rotatable bonds is 19. The molecule has 4 aliphatic rings. The van der Waals surface area contributed by atoms with Gasteiger partial charge in [-0.2, -0.15) is 0 Å². The van der Waals surface area contributed by atoms with Gasteiger partial charge in [0.1, 0.15) is 60.4 Å². The summed E-state index contributed by atoms with van der Waals surface area (Å²) < 4.78 is 11.8. The molecule has 3 saturated heterocycles. The number of hydrogen-bond acceptors (Lipinski definition) is 16. The first-order valence-electron chi connectivity index (χ1n) is 37.0. The predicted octanol–water partition coefficient (Wildman–Crippen LogP) is 2.51.